The van der Waals surface area contributed by atoms with Gasteiger partial charge in [-0.25, -0.2) is 10.2 Å². The minimum Gasteiger partial charge on any atom is -0.363 e. The van der Waals surface area contributed by atoms with Crippen LogP contribution in [-0.2, 0) is 4.74 Å². The zero-order valence-corrected chi connectivity index (χ0v) is 9.05. The van der Waals surface area contributed by atoms with E-state index in [4.69, 9.17) is 10.5 Å². The van der Waals surface area contributed by atoms with E-state index in [1.807, 2.05) is 27.7 Å². The first kappa shape index (κ1) is 11.0. The van der Waals surface area contributed by atoms with Gasteiger partial charge < -0.3 is 10.5 Å². The van der Waals surface area contributed by atoms with Crippen molar-refractivity contribution in [1.82, 2.24) is 5.43 Å². The number of hydrogen-bond acceptors (Lipinski definition) is 3. The number of nitrogens with zero attached hydrogens (tertiary/aromatic N) is 1. The molecule has 5 heteroatoms. The Balaban J connectivity index is 2.80. The van der Waals surface area contributed by atoms with Gasteiger partial charge in [0.1, 0.15) is 5.60 Å². The van der Waals surface area contributed by atoms with Crippen LogP contribution in [0.25, 0.3) is 0 Å². The summed E-state index contributed by atoms with van der Waals surface area (Å²) >= 11 is 0. The van der Waals surface area contributed by atoms with Crippen LogP contribution in [0.15, 0.2) is 5.10 Å². The molecular weight excluding hydrogens is 182 g/mol. The van der Waals surface area contributed by atoms with Crippen molar-refractivity contribution in [2.24, 2.45) is 10.8 Å². The molecule has 1 saturated heterocycles. The first-order valence-electron chi connectivity index (χ1n) is 4.56. The third-order valence-corrected chi connectivity index (χ3v) is 2.12. The Bertz CT molecular complexity index is 282. The average Bonchev–Trinajstić information content (AvgIpc) is 2.14. The predicted octanol–water partition coefficient (Wildman–Crippen LogP) is 0.988. The van der Waals surface area contributed by atoms with Gasteiger partial charge >= 0.3 is 6.03 Å². The lowest BCUT2D eigenvalue weighted by atomic mass is 9.98. The number of urea groups is 1. The summed E-state index contributed by atoms with van der Waals surface area (Å²) in [6, 6.07) is -0.655. The quantitative estimate of drug-likeness (QED) is 0.618. The lowest BCUT2D eigenvalue weighted by Gasteiger charge is -2.23. The highest BCUT2D eigenvalue weighted by molar-refractivity contribution is 5.95. The van der Waals surface area contributed by atoms with Gasteiger partial charge in [0, 0.05) is 6.42 Å². The fourth-order valence-corrected chi connectivity index (χ4v) is 1.70. The smallest absolute Gasteiger partial charge is 0.332 e. The molecule has 0 aliphatic carbocycles. The molecule has 1 aliphatic rings. The lowest BCUT2D eigenvalue weighted by Crippen LogP contribution is -2.33. The maximum atomic E-state index is 10.5. The normalized spacial score (nSPS) is 26.4. The summed E-state index contributed by atoms with van der Waals surface area (Å²) in [5.74, 6) is 0. The monoisotopic (exact) mass is 199 g/mol. The van der Waals surface area contributed by atoms with E-state index in [9.17, 15) is 4.79 Å². The Morgan fingerprint density at radius 3 is 2.43 bits per heavy atom. The van der Waals surface area contributed by atoms with Crippen LogP contribution in [0, 0.1) is 0 Å². The largest absolute Gasteiger partial charge is 0.363 e. The van der Waals surface area contributed by atoms with E-state index in [1.54, 1.807) is 0 Å². The van der Waals surface area contributed by atoms with Crippen LogP contribution < -0.4 is 11.2 Å². The number of nitrogens with one attached hydrogen (secondary N) is 1. The minimum absolute atomic E-state index is 0.234. The van der Waals surface area contributed by atoms with Crippen molar-refractivity contribution in [3.05, 3.63) is 0 Å². The van der Waals surface area contributed by atoms with Crippen LogP contribution in [0.1, 0.15) is 34.1 Å². The van der Waals surface area contributed by atoms with Crippen molar-refractivity contribution in [1.29, 1.82) is 0 Å². The summed E-state index contributed by atoms with van der Waals surface area (Å²) in [6.07, 6.45) is 0.695. The molecule has 1 heterocycles. The number of hydrazone groups is 1. The number of amides is 2. The van der Waals surface area contributed by atoms with Gasteiger partial charge in [-0.3, -0.25) is 0 Å². The zero-order chi connectivity index (χ0) is 11.0. The fraction of sp³-hybridized carbons (Fsp3) is 0.778. The number of hydrogen-bond donors (Lipinski definition) is 2. The zero-order valence-electron chi connectivity index (χ0n) is 9.05. The molecule has 5 nitrogen and oxygen atoms in total. The molecule has 14 heavy (non-hydrogen) atoms. The summed E-state index contributed by atoms with van der Waals surface area (Å²) in [5.41, 5.74) is 7.29. The maximum absolute atomic E-state index is 10.5. The third-order valence-electron chi connectivity index (χ3n) is 2.12. The first-order valence-corrected chi connectivity index (χ1v) is 4.56. The van der Waals surface area contributed by atoms with E-state index < -0.39 is 11.6 Å². The molecule has 1 rings (SSSR count). The van der Waals surface area contributed by atoms with Crippen molar-refractivity contribution in [2.75, 3.05) is 0 Å². The molecule has 0 radical (unpaired) electrons. The van der Waals surface area contributed by atoms with Crippen LogP contribution in [-0.4, -0.2) is 22.9 Å². The number of carbonyl (C=O) groups is 1. The van der Waals surface area contributed by atoms with E-state index in [-0.39, 0.29) is 5.60 Å². The number of rotatable bonds is 1. The Kier molecular flexibility index (Phi) is 2.54. The van der Waals surface area contributed by atoms with E-state index in [0.29, 0.717) is 6.42 Å². The van der Waals surface area contributed by atoms with Crippen molar-refractivity contribution in [3.8, 4) is 0 Å². The van der Waals surface area contributed by atoms with Crippen molar-refractivity contribution >= 4 is 11.7 Å². The second-order valence-electron chi connectivity index (χ2n) is 4.58. The summed E-state index contributed by atoms with van der Waals surface area (Å²) in [5, 5.41) is 3.94. The highest BCUT2D eigenvalue weighted by atomic mass is 16.5. The Hall–Kier alpha value is -1.10. The van der Waals surface area contributed by atoms with Crippen LogP contribution in [0.2, 0.25) is 0 Å². The summed E-state index contributed by atoms with van der Waals surface area (Å²) in [6.45, 7) is 7.82. The first-order chi connectivity index (χ1) is 6.23. The van der Waals surface area contributed by atoms with Gasteiger partial charge in [-0.1, -0.05) is 0 Å². The van der Waals surface area contributed by atoms with Crippen molar-refractivity contribution in [3.63, 3.8) is 0 Å². The predicted molar refractivity (Wildman–Crippen MR) is 54.0 cm³/mol. The Morgan fingerprint density at radius 2 is 2.07 bits per heavy atom. The van der Waals surface area contributed by atoms with Crippen molar-refractivity contribution in [2.45, 2.75) is 45.3 Å². The second kappa shape index (κ2) is 3.24. The molecule has 0 bridgehead atoms. The number of ether oxygens (including phenoxy) is 1. The van der Waals surface area contributed by atoms with E-state index in [2.05, 4.69) is 10.5 Å². The molecule has 0 aromatic rings. The van der Waals surface area contributed by atoms with Crippen molar-refractivity contribution < 1.29 is 9.53 Å². The topological polar surface area (TPSA) is 76.7 Å². The van der Waals surface area contributed by atoms with E-state index in [0.717, 1.165) is 5.71 Å². The molecule has 1 aliphatic heterocycles. The van der Waals surface area contributed by atoms with E-state index >= 15 is 0 Å². The van der Waals surface area contributed by atoms with Crippen LogP contribution in [0.5, 0.6) is 0 Å². The number of primary amides is 1. The summed E-state index contributed by atoms with van der Waals surface area (Å²) in [4.78, 5) is 10.5. The molecular formula is C9H17N3O2. The highest BCUT2D eigenvalue weighted by Crippen LogP contribution is 2.34. The average molecular weight is 199 g/mol. The summed E-state index contributed by atoms with van der Waals surface area (Å²) < 4.78 is 5.76. The molecule has 0 aromatic heterocycles. The van der Waals surface area contributed by atoms with Gasteiger partial charge in [-0.2, -0.15) is 5.10 Å². The molecule has 0 atom stereocenters. The lowest BCUT2D eigenvalue weighted by molar-refractivity contribution is -0.0515. The molecule has 1 fully saturated rings. The van der Waals surface area contributed by atoms with Gasteiger partial charge in [0.05, 0.1) is 11.3 Å². The molecule has 0 aromatic carbocycles. The fourth-order valence-electron chi connectivity index (χ4n) is 1.70. The number of nitrogens with two attached hydrogens (primary N) is 1. The van der Waals surface area contributed by atoms with Gasteiger partial charge in [0.2, 0.25) is 0 Å². The van der Waals surface area contributed by atoms with Gasteiger partial charge in [-0.15, -0.1) is 0 Å². The van der Waals surface area contributed by atoms with Crippen LogP contribution in [0.4, 0.5) is 4.79 Å². The maximum Gasteiger partial charge on any atom is 0.332 e. The number of carbonyl (C=O) groups excluding carboxylic acids is 1. The van der Waals surface area contributed by atoms with Crippen LogP contribution in [0.3, 0.4) is 0 Å². The highest BCUT2D eigenvalue weighted by Gasteiger charge is 2.43. The van der Waals surface area contributed by atoms with Gasteiger partial charge in [0.15, 0.2) is 0 Å². The van der Waals surface area contributed by atoms with Gasteiger partial charge in [-0.05, 0) is 27.7 Å². The molecule has 0 saturated carbocycles. The molecule has 0 unspecified atom stereocenters. The SMILES string of the molecule is CC1(C)CC(=NNC(N)=O)C(C)(C)O1. The Morgan fingerprint density at radius 1 is 1.50 bits per heavy atom. The van der Waals surface area contributed by atoms with Gasteiger partial charge in [0.25, 0.3) is 0 Å². The molecule has 80 valence electrons. The molecule has 3 N–H and O–H groups in total. The van der Waals surface area contributed by atoms with E-state index in [1.165, 1.54) is 0 Å². The second-order valence-corrected chi connectivity index (χ2v) is 4.58. The minimum atomic E-state index is -0.655. The molecule has 2 amide bonds. The molecule has 0 spiro atoms. The summed E-state index contributed by atoms with van der Waals surface area (Å²) in [7, 11) is 0. The standard InChI is InChI=1S/C9H17N3O2/c1-8(2)5-6(9(3,4)14-8)11-12-7(10)13/h5H2,1-4H3,(H3,10,12,13). The third kappa shape index (κ3) is 2.45. The van der Waals surface area contributed by atoms with Crippen LogP contribution >= 0.6 is 0 Å². The Labute approximate surface area is 83.7 Å².